The number of carboxylic acids is 1. The standard InChI is InChI=1S/C12H21NO4/c1-9(8-17-3)7-10(14)13-6-4-5-12(13,2)11(15)16/h9H,4-8H2,1-3H3,(H,15,16). The first kappa shape index (κ1) is 14.0. The van der Waals surface area contributed by atoms with Crippen LogP contribution in [-0.4, -0.2) is 47.7 Å². The van der Waals surface area contributed by atoms with Crippen molar-refractivity contribution in [1.29, 1.82) is 0 Å². The van der Waals surface area contributed by atoms with Crippen LogP contribution in [0.3, 0.4) is 0 Å². The second kappa shape index (κ2) is 5.49. The van der Waals surface area contributed by atoms with Crippen molar-refractivity contribution in [2.75, 3.05) is 20.3 Å². The van der Waals surface area contributed by atoms with E-state index < -0.39 is 11.5 Å². The summed E-state index contributed by atoms with van der Waals surface area (Å²) in [4.78, 5) is 24.8. The Morgan fingerprint density at radius 2 is 2.18 bits per heavy atom. The Kier molecular flexibility index (Phi) is 4.51. The molecular weight excluding hydrogens is 222 g/mol. The highest BCUT2D eigenvalue weighted by atomic mass is 16.5. The topological polar surface area (TPSA) is 66.8 Å². The van der Waals surface area contributed by atoms with Gasteiger partial charge in [0.25, 0.3) is 0 Å². The predicted octanol–water partition coefficient (Wildman–Crippen LogP) is 1.12. The molecule has 1 heterocycles. The minimum atomic E-state index is -1.02. The van der Waals surface area contributed by atoms with E-state index in [1.807, 2.05) is 6.92 Å². The van der Waals surface area contributed by atoms with E-state index in [1.54, 1.807) is 14.0 Å². The lowest BCUT2D eigenvalue weighted by molar-refractivity contribution is -0.155. The number of hydrogen-bond acceptors (Lipinski definition) is 3. The van der Waals surface area contributed by atoms with Gasteiger partial charge in [0.1, 0.15) is 5.54 Å². The van der Waals surface area contributed by atoms with Gasteiger partial charge in [0.15, 0.2) is 0 Å². The highest BCUT2D eigenvalue weighted by molar-refractivity contribution is 5.87. The van der Waals surface area contributed by atoms with Crippen LogP contribution in [0.25, 0.3) is 0 Å². The van der Waals surface area contributed by atoms with Gasteiger partial charge in [-0.1, -0.05) is 6.92 Å². The highest BCUT2D eigenvalue weighted by Crippen LogP contribution is 2.30. The molecule has 1 fully saturated rings. The van der Waals surface area contributed by atoms with Crippen molar-refractivity contribution < 1.29 is 19.4 Å². The van der Waals surface area contributed by atoms with E-state index >= 15 is 0 Å². The molecule has 0 aromatic rings. The van der Waals surface area contributed by atoms with Crippen molar-refractivity contribution in [1.82, 2.24) is 4.90 Å². The zero-order chi connectivity index (χ0) is 13.1. The maximum atomic E-state index is 12.1. The number of rotatable bonds is 5. The summed E-state index contributed by atoms with van der Waals surface area (Å²) < 4.78 is 4.98. The van der Waals surface area contributed by atoms with Crippen LogP contribution >= 0.6 is 0 Å². The molecule has 0 bridgehead atoms. The number of carboxylic acid groups (broad SMARTS) is 1. The Hall–Kier alpha value is -1.10. The number of aliphatic carboxylic acids is 1. The first-order valence-corrected chi connectivity index (χ1v) is 5.94. The molecule has 5 nitrogen and oxygen atoms in total. The van der Waals surface area contributed by atoms with Crippen LogP contribution in [0.5, 0.6) is 0 Å². The van der Waals surface area contributed by atoms with E-state index in [4.69, 9.17) is 4.74 Å². The van der Waals surface area contributed by atoms with Gasteiger partial charge >= 0.3 is 5.97 Å². The van der Waals surface area contributed by atoms with Crippen molar-refractivity contribution >= 4 is 11.9 Å². The first-order valence-electron chi connectivity index (χ1n) is 5.94. The minimum absolute atomic E-state index is 0.0862. The maximum Gasteiger partial charge on any atom is 0.329 e. The highest BCUT2D eigenvalue weighted by Gasteiger charge is 2.45. The van der Waals surface area contributed by atoms with E-state index in [2.05, 4.69) is 0 Å². The van der Waals surface area contributed by atoms with E-state index in [0.717, 1.165) is 6.42 Å². The molecule has 0 aromatic carbocycles. The summed E-state index contributed by atoms with van der Waals surface area (Å²) in [5.41, 5.74) is -1.02. The van der Waals surface area contributed by atoms with Gasteiger partial charge in [-0.05, 0) is 25.7 Å². The van der Waals surface area contributed by atoms with Crippen molar-refractivity contribution in [2.45, 2.75) is 38.6 Å². The predicted molar refractivity (Wildman–Crippen MR) is 62.6 cm³/mol. The van der Waals surface area contributed by atoms with E-state index in [9.17, 15) is 14.7 Å². The lowest BCUT2D eigenvalue weighted by Gasteiger charge is -2.32. The number of likely N-dealkylation sites (tertiary alicyclic amines) is 1. The summed E-state index contributed by atoms with van der Waals surface area (Å²) in [6.07, 6.45) is 1.64. The smallest absolute Gasteiger partial charge is 0.329 e. The molecule has 1 aliphatic rings. The first-order chi connectivity index (χ1) is 7.91. The van der Waals surface area contributed by atoms with Gasteiger partial charge in [-0.25, -0.2) is 4.79 Å². The van der Waals surface area contributed by atoms with Gasteiger partial charge in [0.05, 0.1) is 0 Å². The third-order valence-electron chi connectivity index (χ3n) is 3.38. The molecule has 0 aliphatic carbocycles. The molecule has 1 amide bonds. The van der Waals surface area contributed by atoms with Crippen LogP contribution < -0.4 is 0 Å². The normalized spacial score (nSPS) is 25.9. The van der Waals surface area contributed by atoms with Crippen LogP contribution in [-0.2, 0) is 14.3 Å². The van der Waals surface area contributed by atoms with E-state index in [0.29, 0.717) is 26.0 Å². The molecule has 2 atom stereocenters. The van der Waals surface area contributed by atoms with E-state index in [1.165, 1.54) is 4.90 Å². The molecule has 5 heteroatoms. The number of nitrogens with zero attached hydrogens (tertiary/aromatic N) is 1. The molecule has 0 aromatic heterocycles. The zero-order valence-corrected chi connectivity index (χ0v) is 10.7. The van der Waals surface area contributed by atoms with Crippen LogP contribution in [0.1, 0.15) is 33.1 Å². The number of ether oxygens (including phenoxy) is 1. The van der Waals surface area contributed by atoms with Crippen molar-refractivity contribution in [2.24, 2.45) is 5.92 Å². The quantitative estimate of drug-likeness (QED) is 0.786. The molecule has 1 saturated heterocycles. The Balaban J connectivity index is 2.65. The van der Waals surface area contributed by atoms with Gasteiger partial charge in [-0.3, -0.25) is 4.79 Å². The molecule has 2 unspecified atom stereocenters. The number of carbonyl (C=O) groups is 2. The monoisotopic (exact) mass is 243 g/mol. The van der Waals surface area contributed by atoms with Crippen LogP contribution in [0.2, 0.25) is 0 Å². The van der Waals surface area contributed by atoms with Gasteiger partial charge in [0, 0.05) is 26.7 Å². The molecule has 17 heavy (non-hydrogen) atoms. The molecule has 98 valence electrons. The molecule has 1 rings (SSSR count). The fourth-order valence-electron chi connectivity index (χ4n) is 2.34. The average Bonchev–Trinajstić information content (AvgIpc) is 2.62. The van der Waals surface area contributed by atoms with Crippen molar-refractivity contribution in [3.05, 3.63) is 0 Å². The Labute approximate surface area is 102 Å². The van der Waals surface area contributed by atoms with Crippen LogP contribution in [0.4, 0.5) is 0 Å². The molecule has 1 aliphatic heterocycles. The van der Waals surface area contributed by atoms with Gasteiger partial charge in [-0.15, -0.1) is 0 Å². The van der Waals surface area contributed by atoms with Gasteiger partial charge in [-0.2, -0.15) is 0 Å². The minimum Gasteiger partial charge on any atom is -0.480 e. The van der Waals surface area contributed by atoms with Crippen molar-refractivity contribution in [3.8, 4) is 0 Å². The lowest BCUT2D eigenvalue weighted by atomic mass is 9.98. The summed E-state index contributed by atoms with van der Waals surface area (Å²) in [7, 11) is 1.60. The molecule has 0 saturated carbocycles. The van der Waals surface area contributed by atoms with Crippen LogP contribution in [0, 0.1) is 5.92 Å². The maximum absolute atomic E-state index is 12.1. The summed E-state index contributed by atoms with van der Waals surface area (Å²) >= 11 is 0. The molecule has 1 N–H and O–H groups in total. The summed E-state index contributed by atoms with van der Waals surface area (Å²) in [6.45, 7) is 4.61. The lowest BCUT2D eigenvalue weighted by Crippen LogP contribution is -2.51. The average molecular weight is 243 g/mol. The SMILES string of the molecule is COCC(C)CC(=O)N1CCCC1(C)C(=O)O. The number of hydrogen-bond donors (Lipinski definition) is 1. The second-order valence-corrected chi connectivity index (χ2v) is 4.99. The summed E-state index contributed by atoms with van der Waals surface area (Å²) in [5, 5.41) is 9.21. The van der Waals surface area contributed by atoms with Crippen molar-refractivity contribution in [3.63, 3.8) is 0 Å². The Bertz CT molecular complexity index is 305. The van der Waals surface area contributed by atoms with Crippen LogP contribution in [0.15, 0.2) is 0 Å². The second-order valence-electron chi connectivity index (χ2n) is 4.99. The zero-order valence-electron chi connectivity index (χ0n) is 10.7. The Morgan fingerprint density at radius 1 is 1.53 bits per heavy atom. The number of carbonyl (C=O) groups excluding carboxylic acids is 1. The molecule has 0 spiro atoms. The molecule has 0 radical (unpaired) electrons. The third-order valence-corrected chi connectivity index (χ3v) is 3.38. The fourth-order valence-corrected chi connectivity index (χ4v) is 2.34. The third kappa shape index (κ3) is 2.97. The number of amides is 1. The number of methoxy groups -OCH3 is 1. The summed E-state index contributed by atoms with van der Waals surface area (Å²) in [6, 6.07) is 0. The molecular formula is C12H21NO4. The fraction of sp³-hybridized carbons (Fsp3) is 0.833. The van der Waals surface area contributed by atoms with Gasteiger partial charge < -0.3 is 14.7 Å². The Morgan fingerprint density at radius 3 is 2.71 bits per heavy atom. The summed E-state index contributed by atoms with van der Waals surface area (Å²) in [5.74, 6) is -0.883. The van der Waals surface area contributed by atoms with Gasteiger partial charge in [0.2, 0.25) is 5.91 Å². The largest absolute Gasteiger partial charge is 0.480 e. The van der Waals surface area contributed by atoms with E-state index in [-0.39, 0.29) is 11.8 Å².